The lowest BCUT2D eigenvalue weighted by molar-refractivity contribution is 0.0617. The van der Waals surface area contributed by atoms with E-state index in [9.17, 15) is 4.79 Å². The number of fused-ring (bicyclic) bond motifs is 1. The topological polar surface area (TPSA) is 50.8 Å². The van der Waals surface area contributed by atoms with Crippen LogP contribution in [0.4, 0.5) is 0 Å². The van der Waals surface area contributed by atoms with E-state index in [1.54, 1.807) is 7.11 Å². The second kappa shape index (κ2) is 8.91. The minimum absolute atomic E-state index is 0.0531. The van der Waals surface area contributed by atoms with Crippen molar-refractivity contribution in [2.75, 3.05) is 20.2 Å². The maximum absolute atomic E-state index is 13.0. The van der Waals surface area contributed by atoms with E-state index in [-0.39, 0.29) is 17.6 Å². The van der Waals surface area contributed by atoms with Crippen LogP contribution in [0.25, 0.3) is 0 Å². The Hall–Kier alpha value is -2.53. The van der Waals surface area contributed by atoms with Crippen molar-refractivity contribution in [2.45, 2.75) is 58.2 Å². The van der Waals surface area contributed by atoms with Gasteiger partial charge in [0.15, 0.2) is 0 Å². The van der Waals surface area contributed by atoms with Crippen molar-refractivity contribution in [1.82, 2.24) is 10.2 Å². The van der Waals surface area contributed by atoms with Crippen LogP contribution >= 0.6 is 0 Å². The summed E-state index contributed by atoms with van der Waals surface area (Å²) in [5.41, 5.74) is 2.57. The second-order valence-electron chi connectivity index (χ2n) is 9.68. The third kappa shape index (κ3) is 5.21. The average Bonchev–Trinajstić information content (AvgIpc) is 2.73. The molecular weight excluding hydrogens is 388 g/mol. The zero-order valence-corrected chi connectivity index (χ0v) is 19.1. The van der Waals surface area contributed by atoms with Gasteiger partial charge in [-0.1, -0.05) is 19.1 Å². The zero-order valence-electron chi connectivity index (χ0n) is 19.1. The molecule has 1 amide bonds. The minimum Gasteiger partial charge on any atom is -0.497 e. The van der Waals surface area contributed by atoms with E-state index in [2.05, 4.69) is 29.3 Å². The molecule has 2 aliphatic heterocycles. The van der Waals surface area contributed by atoms with Crippen LogP contribution in [0.2, 0.25) is 0 Å². The highest BCUT2D eigenvalue weighted by Crippen LogP contribution is 2.41. The fourth-order valence-electron chi connectivity index (χ4n) is 4.78. The number of nitrogens with one attached hydrogen (secondary N) is 1. The molecule has 0 aromatic heterocycles. The maximum atomic E-state index is 13.0. The van der Waals surface area contributed by atoms with Gasteiger partial charge in [-0.2, -0.15) is 0 Å². The van der Waals surface area contributed by atoms with Gasteiger partial charge in [0.25, 0.3) is 5.91 Å². The fourth-order valence-corrected chi connectivity index (χ4v) is 4.78. The van der Waals surface area contributed by atoms with Gasteiger partial charge in [-0.05, 0) is 69.0 Å². The molecule has 2 aromatic rings. The Morgan fingerprint density at radius 3 is 2.71 bits per heavy atom. The SMILES string of the molecule is COc1ccc2c(c1)OC(C)(C)C[C@@H]2NC(=O)c1ccc(CN2CCC[C@@H](C)C2)cc1. The van der Waals surface area contributed by atoms with Gasteiger partial charge in [0.2, 0.25) is 0 Å². The van der Waals surface area contributed by atoms with Crippen LogP contribution in [0.1, 0.15) is 67.6 Å². The normalized spacial score (nSPS) is 22.8. The molecule has 2 atom stereocenters. The highest BCUT2D eigenvalue weighted by atomic mass is 16.5. The van der Waals surface area contributed by atoms with Crippen molar-refractivity contribution < 1.29 is 14.3 Å². The molecule has 1 N–H and O–H groups in total. The van der Waals surface area contributed by atoms with Crippen LogP contribution in [0.15, 0.2) is 42.5 Å². The summed E-state index contributed by atoms with van der Waals surface area (Å²) in [6.07, 6.45) is 3.31. The van der Waals surface area contributed by atoms with E-state index >= 15 is 0 Å². The van der Waals surface area contributed by atoms with Crippen molar-refractivity contribution in [3.05, 3.63) is 59.2 Å². The quantitative estimate of drug-likeness (QED) is 0.740. The number of nitrogens with zero attached hydrogens (tertiary/aromatic N) is 1. The predicted octanol–water partition coefficient (Wildman–Crippen LogP) is 4.96. The summed E-state index contributed by atoms with van der Waals surface area (Å²) in [6, 6.07) is 13.7. The summed E-state index contributed by atoms with van der Waals surface area (Å²) in [4.78, 5) is 15.5. The molecule has 5 nitrogen and oxygen atoms in total. The predicted molar refractivity (Wildman–Crippen MR) is 123 cm³/mol. The van der Waals surface area contributed by atoms with Gasteiger partial charge in [-0.3, -0.25) is 9.69 Å². The number of amides is 1. The van der Waals surface area contributed by atoms with Crippen LogP contribution < -0.4 is 14.8 Å². The number of benzene rings is 2. The summed E-state index contributed by atoms with van der Waals surface area (Å²) in [6.45, 7) is 9.69. The first-order valence-electron chi connectivity index (χ1n) is 11.3. The number of methoxy groups -OCH3 is 1. The van der Waals surface area contributed by atoms with Gasteiger partial charge in [-0.25, -0.2) is 0 Å². The van der Waals surface area contributed by atoms with Crippen molar-refractivity contribution in [3.8, 4) is 11.5 Å². The van der Waals surface area contributed by atoms with E-state index < -0.39 is 0 Å². The summed E-state index contributed by atoms with van der Waals surface area (Å²) in [7, 11) is 1.64. The van der Waals surface area contributed by atoms with Gasteiger partial charge in [0, 0.05) is 36.7 Å². The van der Waals surface area contributed by atoms with Crippen molar-refractivity contribution in [1.29, 1.82) is 0 Å². The smallest absolute Gasteiger partial charge is 0.251 e. The number of ether oxygens (including phenoxy) is 2. The molecule has 0 unspecified atom stereocenters. The molecule has 0 aliphatic carbocycles. The number of rotatable bonds is 5. The van der Waals surface area contributed by atoms with E-state index in [1.807, 2.05) is 44.2 Å². The number of hydrogen-bond donors (Lipinski definition) is 1. The second-order valence-corrected chi connectivity index (χ2v) is 9.68. The van der Waals surface area contributed by atoms with Crippen molar-refractivity contribution >= 4 is 5.91 Å². The van der Waals surface area contributed by atoms with Crippen LogP contribution in [0.3, 0.4) is 0 Å². The van der Waals surface area contributed by atoms with Crippen LogP contribution in [0.5, 0.6) is 11.5 Å². The molecule has 2 heterocycles. The molecule has 1 fully saturated rings. The molecule has 2 aromatic carbocycles. The number of carbonyl (C=O) groups is 1. The monoisotopic (exact) mass is 422 g/mol. The van der Waals surface area contributed by atoms with Crippen LogP contribution in [0, 0.1) is 5.92 Å². The number of hydrogen-bond acceptors (Lipinski definition) is 4. The Balaban J connectivity index is 1.44. The third-order valence-corrected chi connectivity index (χ3v) is 6.35. The Labute approximate surface area is 185 Å². The van der Waals surface area contributed by atoms with Gasteiger partial charge in [-0.15, -0.1) is 0 Å². The van der Waals surface area contributed by atoms with E-state index in [0.29, 0.717) is 12.0 Å². The number of likely N-dealkylation sites (tertiary alicyclic amines) is 1. The Morgan fingerprint density at radius 1 is 1.23 bits per heavy atom. The maximum Gasteiger partial charge on any atom is 0.251 e. The fraction of sp³-hybridized carbons (Fsp3) is 0.500. The number of piperidine rings is 1. The highest BCUT2D eigenvalue weighted by Gasteiger charge is 2.35. The largest absolute Gasteiger partial charge is 0.497 e. The van der Waals surface area contributed by atoms with Crippen LogP contribution in [-0.4, -0.2) is 36.6 Å². The molecule has 4 rings (SSSR count). The molecular formula is C26H34N2O3. The first-order valence-corrected chi connectivity index (χ1v) is 11.3. The van der Waals surface area contributed by atoms with Gasteiger partial charge < -0.3 is 14.8 Å². The minimum atomic E-state index is -0.368. The molecule has 0 radical (unpaired) electrons. The Bertz CT molecular complexity index is 923. The summed E-state index contributed by atoms with van der Waals surface area (Å²) >= 11 is 0. The molecule has 166 valence electrons. The molecule has 2 aliphatic rings. The Kier molecular flexibility index (Phi) is 6.24. The van der Waals surface area contributed by atoms with Crippen LogP contribution in [-0.2, 0) is 6.54 Å². The first-order chi connectivity index (χ1) is 14.8. The lowest BCUT2D eigenvalue weighted by Crippen LogP contribution is -2.41. The van der Waals surface area contributed by atoms with Gasteiger partial charge in [0.05, 0.1) is 13.2 Å². The highest BCUT2D eigenvalue weighted by molar-refractivity contribution is 5.94. The standard InChI is InChI=1S/C26H34N2O3/c1-18-6-5-13-28(16-18)17-19-7-9-20(10-8-19)25(29)27-23-15-26(2,3)31-24-14-21(30-4)11-12-22(23)24/h7-12,14,18,23H,5-6,13,15-17H2,1-4H3,(H,27,29)/t18-,23+/m1/s1. The van der Waals surface area contributed by atoms with Gasteiger partial charge >= 0.3 is 0 Å². The Morgan fingerprint density at radius 2 is 2.00 bits per heavy atom. The molecule has 1 saturated heterocycles. The third-order valence-electron chi connectivity index (χ3n) is 6.35. The number of carbonyl (C=O) groups excluding carboxylic acids is 1. The average molecular weight is 423 g/mol. The molecule has 0 bridgehead atoms. The molecule has 5 heteroatoms. The molecule has 0 saturated carbocycles. The first kappa shape index (κ1) is 21.7. The molecule has 31 heavy (non-hydrogen) atoms. The van der Waals surface area contributed by atoms with E-state index in [4.69, 9.17) is 9.47 Å². The summed E-state index contributed by atoms with van der Waals surface area (Å²) in [5.74, 6) is 2.24. The lowest BCUT2D eigenvalue weighted by Gasteiger charge is -2.38. The van der Waals surface area contributed by atoms with E-state index in [0.717, 1.165) is 42.6 Å². The lowest BCUT2D eigenvalue weighted by atomic mass is 9.89. The van der Waals surface area contributed by atoms with Crippen molar-refractivity contribution in [2.24, 2.45) is 5.92 Å². The van der Waals surface area contributed by atoms with Crippen molar-refractivity contribution in [3.63, 3.8) is 0 Å². The molecule has 0 spiro atoms. The van der Waals surface area contributed by atoms with E-state index in [1.165, 1.54) is 18.4 Å². The van der Waals surface area contributed by atoms with Gasteiger partial charge in [0.1, 0.15) is 17.1 Å². The summed E-state index contributed by atoms with van der Waals surface area (Å²) < 4.78 is 11.5. The zero-order chi connectivity index (χ0) is 22.0. The summed E-state index contributed by atoms with van der Waals surface area (Å²) in [5, 5.41) is 3.22.